The fourth-order valence-electron chi connectivity index (χ4n) is 1.83. The quantitative estimate of drug-likeness (QED) is 0.761. The van der Waals surface area contributed by atoms with E-state index in [9.17, 15) is 0 Å². The van der Waals surface area contributed by atoms with Crippen LogP contribution in [0.1, 0.15) is 24.2 Å². The van der Waals surface area contributed by atoms with E-state index in [0.29, 0.717) is 0 Å². The number of hydrogen-bond acceptors (Lipinski definition) is 3. The standard InChI is InChI=1S/C11H18N2O2/c1-9-8-10(2)13(12-9)5-4-11-14-6-3-7-15-11/h8,11H,3-7H2,1-2H3. The van der Waals surface area contributed by atoms with E-state index in [2.05, 4.69) is 18.1 Å². The molecule has 0 bridgehead atoms. The van der Waals surface area contributed by atoms with Gasteiger partial charge in [-0.3, -0.25) is 4.68 Å². The molecule has 0 N–H and O–H groups in total. The second-order valence-electron chi connectivity index (χ2n) is 3.96. The summed E-state index contributed by atoms with van der Waals surface area (Å²) in [5.74, 6) is 0. The molecule has 1 fully saturated rings. The summed E-state index contributed by atoms with van der Waals surface area (Å²) >= 11 is 0. The van der Waals surface area contributed by atoms with Gasteiger partial charge in [-0.05, 0) is 26.3 Å². The molecule has 1 saturated heterocycles. The number of nitrogens with zero attached hydrogens (tertiary/aromatic N) is 2. The molecular formula is C11H18N2O2. The average molecular weight is 210 g/mol. The number of ether oxygens (including phenoxy) is 2. The van der Waals surface area contributed by atoms with E-state index in [-0.39, 0.29) is 6.29 Å². The van der Waals surface area contributed by atoms with E-state index < -0.39 is 0 Å². The molecule has 0 atom stereocenters. The Bertz CT molecular complexity index is 316. The van der Waals surface area contributed by atoms with Crippen LogP contribution in [0.3, 0.4) is 0 Å². The van der Waals surface area contributed by atoms with Gasteiger partial charge < -0.3 is 9.47 Å². The molecule has 1 aromatic heterocycles. The summed E-state index contributed by atoms with van der Waals surface area (Å²) < 4.78 is 13.0. The molecule has 1 aliphatic heterocycles. The smallest absolute Gasteiger partial charge is 0.159 e. The zero-order chi connectivity index (χ0) is 10.7. The van der Waals surface area contributed by atoms with Crippen LogP contribution >= 0.6 is 0 Å². The van der Waals surface area contributed by atoms with Crippen LogP contribution in [0.5, 0.6) is 0 Å². The molecular weight excluding hydrogens is 192 g/mol. The first kappa shape index (κ1) is 10.6. The van der Waals surface area contributed by atoms with Crippen molar-refractivity contribution >= 4 is 0 Å². The van der Waals surface area contributed by atoms with Gasteiger partial charge in [-0.1, -0.05) is 0 Å². The summed E-state index contributed by atoms with van der Waals surface area (Å²) in [5, 5.41) is 4.40. The minimum absolute atomic E-state index is 0.0392. The van der Waals surface area contributed by atoms with E-state index in [1.165, 1.54) is 5.69 Å². The molecule has 1 aliphatic rings. The minimum atomic E-state index is -0.0392. The lowest BCUT2D eigenvalue weighted by Crippen LogP contribution is -2.26. The van der Waals surface area contributed by atoms with Crippen molar-refractivity contribution in [2.24, 2.45) is 0 Å². The highest BCUT2D eigenvalue weighted by atomic mass is 16.7. The lowest BCUT2D eigenvalue weighted by atomic mass is 10.3. The van der Waals surface area contributed by atoms with E-state index in [4.69, 9.17) is 9.47 Å². The van der Waals surface area contributed by atoms with Crippen LogP contribution in [0.2, 0.25) is 0 Å². The van der Waals surface area contributed by atoms with Crippen LogP contribution in [0.4, 0.5) is 0 Å². The fourth-order valence-corrected chi connectivity index (χ4v) is 1.83. The van der Waals surface area contributed by atoms with E-state index >= 15 is 0 Å². The van der Waals surface area contributed by atoms with Crippen molar-refractivity contribution in [2.75, 3.05) is 13.2 Å². The maximum Gasteiger partial charge on any atom is 0.159 e. The van der Waals surface area contributed by atoms with Crippen molar-refractivity contribution in [1.29, 1.82) is 0 Å². The van der Waals surface area contributed by atoms with E-state index in [1.807, 2.05) is 11.6 Å². The largest absolute Gasteiger partial charge is 0.353 e. The molecule has 2 heterocycles. The Balaban J connectivity index is 1.84. The Morgan fingerprint density at radius 3 is 2.73 bits per heavy atom. The van der Waals surface area contributed by atoms with Gasteiger partial charge in [0.2, 0.25) is 0 Å². The van der Waals surface area contributed by atoms with Gasteiger partial charge in [-0.25, -0.2) is 0 Å². The Kier molecular flexibility index (Phi) is 3.38. The molecule has 0 aromatic carbocycles. The molecule has 2 rings (SSSR count). The van der Waals surface area contributed by atoms with Gasteiger partial charge in [0.1, 0.15) is 0 Å². The van der Waals surface area contributed by atoms with E-state index in [1.54, 1.807) is 0 Å². The molecule has 4 heteroatoms. The predicted octanol–water partition coefficient (Wildman–Crippen LogP) is 1.65. The van der Waals surface area contributed by atoms with Gasteiger partial charge in [-0.15, -0.1) is 0 Å². The second kappa shape index (κ2) is 4.77. The molecule has 15 heavy (non-hydrogen) atoms. The topological polar surface area (TPSA) is 36.3 Å². The zero-order valence-corrected chi connectivity index (χ0v) is 9.40. The van der Waals surface area contributed by atoms with Crippen LogP contribution in [0, 0.1) is 13.8 Å². The third kappa shape index (κ3) is 2.79. The van der Waals surface area contributed by atoms with Gasteiger partial charge >= 0.3 is 0 Å². The Morgan fingerprint density at radius 2 is 2.13 bits per heavy atom. The SMILES string of the molecule is Cc1cc(C)n(CCC2OCCCO2)n1. The molecule has 1 aromatic rings. The van der Waals surface area contributed by atoms with Crippen molar-refractivity contribution in [3.8, 4) is 0 Å². The average Bonchev–Trinajstić information content (AvgIpc) is 2.56. The highest BCUT2D eigenvalue weighted by Crippen LogP contribution is 2.11. The molecule has 84 valence electrons. The van der Waals surface area contributed by atoms with Gasteiger partial charge in [0.25, 0.3) is 0 Å². The molecule has 0 radical (unpaired) electrons. The van der Waals surface area contributed by atoms with Crippen molar-refractivity contribution in [3.05, 3.63) is 17.5 Å². The molecule has 0 aliphatic carbocycles. The maximum atomic E-state index is 5.48. The molecule has 4 nitrogen and oxygen atoms in total. The summed E-state index contributed by atoms with van der Waals surface area (Å²) in [7, 11) is 0. The summed E-state index contributed by atoms with van der Waals surface area (Å²) in [6.07, 6.45) is 1.85. The first-order valence-corrected chi connectivity index (χ1v) is 5.50. The van der Waals surface area contributed by atoms with Gasteiger partial charge in [-0.2, -0.15) is 5.10 Å². The van der Waals surface area contributed by atoms with Crippen LogP contribution in [-0.4, -0.2) is 29.3 Å². The Morgan fingerprint density at radius 1 is 1.40 bits per heavy atom. The van der Waals surface area contributed by atoms with E-state index in [0.717, 1.165) is 38.3 Å². The summed E-state index contributed by atoms with van der Waals surface area (Å²) in [6, 6.07) is 2.09. The van der Waals surface area contributed by atoms with Gasteiger partial charge in [0, 0.05) is 18.7 Å². The Labute approximate surface area is 90.2 Å². The van der Waals surface area contributed by atoms with Gasteiger partial charge in [0.15, 0.2) is 6.29 Å². The summed E-state index contributed by atoms with van der Waals surface area (Å²) in [4.78, 5) is 0. The third-order valence-electron chi connectivity index (χ3n) is 2.58. The second-order valence-corrected chi connectivity index (χ2v) is 3.96. The van der Waals surface area contributed by atoms with Crippen molar-refractivity contribution in [1.82, 2.24) is 9.78 Å². The summed E-state index contributed by atoms with van der Waals surface area (Å²) in [6.45, 7) is 6.59. The first-order chi connectivity index (χ1) is 7.25. The van der Waals surface area contributed by atoms with Crippen molar-refractivity contribution in [3.63, 3.8) is 0 Å². The van der Waals surface area contributed by atoms with Crippen molar-refractivity contribution in [2.45, 2.75) is 39.5 Å². The number of rotatable bonds is 3. The maximum absolute atomic E-state index is 5.48. The number of hydrogen-bond donors (Lipinski definition) is 0. The van der Waals surface area contributed by atoms with Crippen LogP contribution < -0.4 is 0 Å². The summed E-state index contributed by atoms with van der Waals surface area (Å²) in [5.41, 5.74) is 2.27. The first-order valence-electron chi connectivity index (χ1n) is 5.50. The predicted molar refractivity (Wildman–Crippen MR) is 56.6 cm³/mol. The zero-order valence-electron chi connectivity index (χ0n) is 9.40. The highest BCUT2D eigenvalue weighted by Gasteiger charge is 2.14. The highest BCUT2D eigenvalue weighted by molar-refractivity contribution is 5.06. The monoisotopic (exact) mass is 210 g/mol. The lowest BCUT2D eigenvalue weighted by Gasteiger charge is -2.23. The fraction of sp³-hybridized carbons (Fsp3) is 0.727. The van der Waals surface area contributed by atoms with Crippen LogP contribution in [-0.2, 0) is 16.0 Å². The van der Waals surface area contributed by atoms with Crippen LogP contribution in [0.15, 0.2) is 6.07 Å². The van der Waals surface area contributed by atoms with Gasteiger partial charge in [0.05, 0.1) is 18.9 Å². The molecule has 0 unspecified atom stereocenters. The van der Waals surface area contributed by atoms with Crippen LogP contribution in [0.25, 0.3) is 0 Å². The Hall–Kier alpha value is -0.870. The molecule has 0 amide bonds. The third-order valence-corrected chi connectivity index (χ3v) is 2.58. The lowest BCUT2D eigenvalue weighted by molar-refractivity contribution is -0.182. The van der Waals surface area contributed by atoms with Crippen molar-refractivity contribution < 1.29 is 9.47 Å². The minimum Gasteiger partial charge on any atom is -0.353 e. The molecule has 0 saturated carbocycles. The number of aromatic nitrogens is 2. The molecule has 0 spiro atoms. The number of aryl methyl sites for hydroxylation is 3. The normalized spacial score (nSPS) is 18.3.